The van der Waals surface area contributed by atoms with Crippen LogP contribution >= 0.6 is 0 Å². The van der Waals surface area contributed by atoms with Gasteiger partial charge in [-0.25, -0.2) is 13.1 Å². The van der Waals surface area contributed by atoms with Crippen LogP contribution in [0.3, 0.4) is 0 Å². The molecule has 0 unspecified atom stereocenters. The van der Waals surface area contributed by atoms with Crippen molar-refractivity contribution < 1.29 is 18.0 Å². The van der Waals surface area contributed by atoms with Crippen LogP contribution in [0.2, 0.25) is 0 Å². The van der Waals surface area contributed by atoms with Gasteiger partial charge in [0.25, 0.3) is 11.7 Å². The summed E-state index contributed by atoms with van der Waals surface area (Å²) < 4.78 is 26.9. The summed E-state index contributed by atoms with van der Waals surface area (Å²) in [6.07, 6.45) is 0. The Morgan fingerprint density at radius 3 is 2.21 bits per heavy atom. The van der Waals surface area contributed by atoms with E-state index in [2.05, 4.69) is 5.10 Å². The molecular formula is C19H24N4O4S. The van der Waals surface area contributed by atoms with E-state index in [4.69, 9.17) is 0 Å². The number of carbonyl (C=O) groups excluding carboxylic acids is 2. The van der Waals surface area contributed by atoms with Crippen LogP contribution in [-0.4, -0.2) is 71.0 Å². The Kier molecular flexibility index (Phi) is 5.66. The summed E-state index contributed by atoms with van der Waals surface area (Å²) in [4.78, 5) is 27.1. The maximum Gasteiger partial charge on any atom is 0.295 e. The molecule has 0 bridgehead atoms. The minimum Gasteiger partial charge on any atom is -0.333 e. The maximum atomic E-state index is 12.9. The molecule has 9 heteroatoms. The van der Waals surface area contributed by atoms with Gasteiger partial charge in [-0.1, -0.05) is 18.2 Å². The van der Waals surface area contributed by atoms with Crippen molar-refractivity contribution in [3.05, 3.63) is 47.3 Å². The van der Waals surface area contributed by atoms with Crippen LogP contribution in [0.1, 0.15) is 28.7 Å². The molecule has 28 heavy (non-hydrogen) atoms. The molecule has 0 N–H and O–H groups in total. The van der Waals surface area contributed by atoms with Crippen LogP contribution in [0.15, 0.2) is 30.3 Å². The van der Waals surface area contributed by atoms with E-state index in [1.165, 1.54) is 9.21 Å². The Bertz CT molecular complexity index is 990. The number of hydrogen-bond acceptors (Lipinski definition) is 5. The predicted octanol–water partition coefficient (Wildman–Crippen LogP) is 1.17. The van der Waals surface area contributed by atoms with Gasteiger partial charge in [-0.15, -0.1) is 0 Å². The monoisotopic (exact) mass is 404 g/mol. The van der Waals surface area contributed by atoms with Crippen molar-refractivity contribution in [2.24, 2.45) is 0 Å². The van der Waals surface area contributed by atoms with Crippen molar-refractivity contribution in [3.63, 3.8) is 0 Å². The quantitative estimate of drug-likeness (QED) is 0.551. The van der Waals surface area contributed by atoms with Gasteiger partial charge in [0.15, 0.2) is 0 Å². The number of rotatable bonds is 5. The molecule has 0 atom stereocenters. The maximum absolute atomic E-state index is 12.9. The lowest BCUT2D eigenvalue weighted by atomic mass is 10.1. The number of ketones is 1. The zero-order valence-electron chi connectivity index (χ0n) is 16.3. The van der Waals surface area contributed by atoms with E-state index in [0.717, 1.165) is 5.69 Å². The first-order valence-corrected chi connectivity index (χ1v) is 10.8. The number of amides is 1. The van der Waals surface area contributed by atoms with Crippen molar-refractivity contribution in [1.29, 1.82) is 0 Å². The molecule has 1 amide bonds. The number of benzene rings is 1. The van der Waals surface area contributed by atoms with E-state index < -0.39 is 21.7 Å². The number of nitrogens with zero attached hydrogens (tertiary/aromatic N) is 4. The molecule has 1 aromatic heterocycles. The van der Waals surface area contributed by atoms with E-state index in [1.54, 1.807) is 25.5 Å². The SMILES string of the molecule is CCS(=O)(=O)N1CCN(C(=O)C(=O)c2c(C)nn(-c3ccccc3)c2C)CC1. The second kappa shape index (κ2) is 7.84. The van der Waals surface area contributed by atoms with E-state index in [0.29, 0.717) is 17.0 Å². The van der Waals surface area contributed by atoms with Gasteiger partial charge >= 0.3 is 0 Å². The molecule has 0 saturated carbocycles. The molecule has 1 saturated heterocycles. The molecule has 0 aliphatic carbocycles. The van der Waals surface area contributed by atoms with Crippen molar-refractivity contribution in [2.75, 3.05) is 31.9 Å². The molecule has 150 valence electrons. The molecule has 0 radical (unpaired) electrons. The number of Topliss-reactive ketones (excluding diaryl/α,β-unsaturated/α-hetero) is 1. The number of aryl methyl sites for hydroxylation is 1. The Morgan fingerprint density at radius 1 is 1.04 bits per heavy atom. The standard InChI is InChI=1S/C19H24N4O4S/c1-4-28(26,27)22-12-10-21(11-13-22)19(25)18(24)17-14(2)20-23(15(17)3)16-8-6-5-7-9-16/h5-9H,4,10-13H2,1-3H3. The topological polar surface area (TPSA) is 92.6 Å². The number of hydrogen-bond donors (Lipinski definition) is 0. The third-order valence-corrected chi connectivity index (χ3v) is 6.88. The lowest BCUT2D eigenvalue weighted by Gasteiger charge is -2.33. The molecule has 1 aromatic carbocycles. The molecule has 1 aliphatic rings. The van der Waals surface area contributed by atoms with Crippen LogP contribution in [0, 0.1) is 13.8 Å². The normalized spacial score (nSPS) is 15.6. The van der Waals surface area contributed by atoms with Crippen LogP contribution in [-0.2, 0) is 14.8 Å². The van der Waals surface area contributed by atoms with Crippen molar-refractivity contribution in [2.45, 2.75) is 20.8 Å². The largest absolute Gasteiger partial charge is 0.333 e. The average molecular weight is 404 g/mol. The van der Waals surface area contributed by atoms with E-state index in [1.807, 2.05) is 30.3 Å². The van der Waals surface area contributed by atoms with E-state index in [9.17, 15) is 18.0 Å². The molecule has 0 spiro atoms. The van der Waals surface area contributed by atoms with Gasteiger partial charge in [0.1, 0.15) is 0 Å². The van der Waals surface area contributed by atoms with Crippen molar-refractivity contribution in [3.8, 4) is 5.69 Å². The number of piperazine rings is 1. The molecule has 3 rings (SSSR count). The summed E-state index contributed by atoms with van der Waals surface area (Å²) in [6.45, 7) is 5.88. The predicted molar refractivity (Wildman–Crippen MR) is 105 cm³/mol. The highest BCUT2D eigenvalue weighted by molar-refractivity contribution is 7.89. The first-order valence-electron chi connectivity index (χ1n) is 9.19. The van der Waals surface area contributed by atoms with Crippen LogP contribution < -0.4 is 0 Å². The minimum atomic E-state index is -3.29. The van der Waals surface area contributed by atoms with E-state index >= 15 is 0 Å². The summed E-state index contributed by atoms with van der Waals surface area (Å²) in [5.41, 5.74) is 2.21. The molecule has 1 aliphatic heterocycles. The Labute approximate surface area is 164 Å². The lowest BCUT2D eigenvalue weighted by molar-refractivity contribution is -0.127. The first kappa shape index (κ1) is 20.2. The molecule has 2 aromatic rings. The fraction of sp³-hybridized carbons (Fsp3) is 0.421. The summed E-state index contributed by atoms with van der Waals surface area (Å²) in [5, 5.41) is 4.42. The summed E-state index contributed by atoms with van der Waals surface area (Å²) in [5.74, 6) is -1.20. The van der Waals surface area contributed by atoms with Crippen molar-refractivity contribution in [1.82, 2.24) is 19.0 Å². The molecule has 1 fully saturated rings. The van der Waals surface area contributed by atoms with Gasteiger partial charge in [0.2, 0.25) is 10.0 Å². The van der Waals surface area contributed by atoms with Gasteiger partial charge in [-0.3, -0.25) is 9.59 Å². The summed E-state index contributed by atoms with van der Waals surface area (Å²) >= 11 is 0. The van der Waals surface area contributed by atoms with E-state index in [-0.39, 0.29) is 31.9 Å². The Morgan fingerprint density at radius 2 is 1.64 bits per heavy atom. The zero-order valence-corrected chi connectivity index (χ0v) is 17.1. The number of carbonyl (C=O) groups is 2. The average Bonchev–Trinajstić information content (AvgIpc) is 3.01. The third kappa shape index (κ3) is 3.72. The van der Waals surface area contributed by atoms with Crippen molar-refractivity contribution >= 4 is 21.7 Å². The summed E-state index contributed by atoms with van der Waals surface area (Å²) in [6, 6.07) is 9.40. The van der Waals surface area contributed by atoms with Gasteiger partial charge < -0.3 is 4.90 Å². The molecule has 2 heterocycles. The number of para-hydroxylation sites is 1. The Balaban J connectivity index is 1.78. The first-order chi connectivity index (χ1) is 13.3. The minimum absolute atomic E-state index is 0.0247. The second-order valence-electron chi connectivity index (χ2n) is 6.71. The number of aromatic nitrogens is 2. The Hall–Kier alpha value is -2.52. The van der Waals surface area contributed by atoms with Gasteiger partial charge in [0, 0.05) is 26.2 Å². The van der Waals surface area contributed by atoms with Gasteiger partial charge in [-0.05, 0) is 32.9 Å². The van der Waals surface area contributed by atoms with Crippen LogP contribution in [0.4, 0.5) is 0 Å². The fourth-order valence-electron chi connectivity index (χ4n) is 3.39. The van der Waals surface area contributed by atoms with Crippen LogP contribution in [0.5, 0.6) is 0 Å². The number of sulfonamides is 1. The molecular weight excluding hydrogens is 380 g/mol. The highest BCUT2D eigenvalue weighted by Crippen LogP contribution is 2.20. The smallest absolute Gasteiger partial charge is 0.295 e. The highest BCUT2D eigenvalue weighted by atomic mass is 32.2. The van der Waals surface area contributed by atoms with Gasteiger partial charge in [-0.2, -0.15) is 9.40 Å². The lowest BCUT2D eigenvalue weighted by Crippen LogP contribution is -2.52. The van der Waals surface area contributed by atoms with Crippen LogP contribution in [0.25, 0.3) is 5.69 Å². The summed E-state index contributed by atoms with van der Waals surface area (Å²) in [7, 11) is -3.29. The fourth-order valence-corrected chi connectivity index (χ4v) is 4.48. The third-order valence-electron chi connectivity index (χ3n) is 5.00. The highest BCUT2D eigenvalue weighted by Gasteiger charge is 2.33. The second-order valence-corrected chi connectivity index (χ2v) is 8.97. The molecule has 8 nitrogen and oxygen atoms in total. The van der Waals surface area contributed by atoms with Gasteiger partial charge in [0.05, 0.1) is 28.4 Å². The zero-order chi connectivity index (χ0) is 20.5.